The van der Waals surface area contributed by atoms with Gasteiger partial charge in [-0.05, 0) is 52.9 Å². The molecule has 6 heterocycles. The Morgan fingerprint density at radius 3 is 2.81 bits per heavy atom. The van der Waals surface area contributed by atoms with Crippen LogP contribution >= 0.6 is 11.3 Å². The molecule has 7 rings (SSSR count). The molecular weight excluding hydrogens is 490 g/mol. The zero-order valence-corrected chi connectivity index (χ0v) is 20.5. The molecule has 1 aromatic carbocycles. The highest BCUT2D eigenvalue weighted by atomic mass is 32.1. The monoisotopic (exact) mass is 512 g/mol. The highest BCUT2D eigenvalue weighted by molar-refractivity contribution is 7.13. The molecule has 0 saturated carbocycles. The van der Waals surface area contributed by atoms with Gasteiger partial charge in [-0.15, -0.1) is 11.3 Å². The number of aromatic amines is 2. The van der Waals surface area contributed by atoms with Crippen molar-refractivity contribution in [3.63, 3.8) is 0 Å². The van der Waals surface area contributed by atoms with Gasteiger partial charge in [0.2, 0.25) is 0 Å². The third-order valence-electron chi connectivity index (χ3n) is 6.92. The fourth-order valence-corrected chi connectivity index (χ4v) is 5.90. The Hall–Kier alpha value is -3.95. The second kappa shape index (κ2) is 8.57. The molecule has 0 atom stereocenters. The van der Waals surface area contributed by atoms with E-state index in [0.29, 0.717) is 13.1 Å². The Labute approximate surface area is 215 Å². The lowest BCUT2D eigenvalue weighted by atomic mass is 10.0. The standard InChI is InChI=1S/C28H22F2N6S/c29-28(30)6-8-36(16-28)15-17-10-19(14-31-13-17)18-3-4-23-22(11-18)26(35-34-23)24-12-21-20(25-2-1-9-37-25)5-7-32-27(21)33-24/h1-5,7,9-14H,6,8,15-16H2,(H,32,33)(H,34,35). The molecule has 37 heavy (non-hydrogen) atoms. The number of nitrogens with one attached hydrogen (secondary N) is 2. The van der Waals surface area contributed by atoms with Crippen molar-refractivity contribution in [2.24, 2.45) is 0 Å². The van der Waals surface area contributed by atoms with E-state index in [1.165, 1.54) is 4.88 Å². The molecule has 0 amide bonds. The first kappa shape index (κ1) is 22.3. The van der Waals surface area contributed by atoms with Crippen LogP contribution in [0.4, 0.5) is 8.78 Å². The lowest BCUT2D eigenvalue weighted by Crippen LogP contribution is -2.24. The summed E-state index contributed by atoms with van der Waals surface area (Å²) in [6.45, 7) is 0.661. The van der Waals surface area contributed by atoms with Crippen LogP contribution in [0.5, 0.6) is 0 Å². The Balaban J connectivity index is 1.24. The molecule has 1 aliphatic rings. The fraction of sp³-hybridized carbons (Fsp3) is 0.179. The number of fused-ring (bicyclic) bond motifs is 2. The topological polar surface area (TPSA) is 73.5 Å². The van der Waals surface area contributed by atoms with E-state index in [1.54, 1.807) is 22.4 Å². The molecule has 0 radical (unpaired) electrons. The number of pyridine rings is 2. The minimum absolute atomic E-state index is 0.0852. The van der Waals surface area contributed by atoms with Gasteiger partial charge < -0.3 is 4.98 Å². The summed E-state index contributed by atoms with van der Waals surface area (Å²) in [6, 6.07) is 16.5. The molecule has 0 unspecified atom stereocenters. The number of rotatable bonds is 5. The van der Waals surface area contributed by atoms with Crippen LogP contribution in [0.3, 0.4) is 0 Å². The number of likely N-dealkylation sites (tertiary alicyclic amines) is 1. The van der Waals surface area contributed by atoms with Gasteiger partial charge in [-0.3, -0.25) is 15.0 Å². The van der Waals surface area contributed by atoms with E-state index in [0.717, 1.165) is 55.6 Å². The molecule has 6 nitrogen and oxygen atoms in total. The fourth-order valence-electron chi connectivity index (χ4n) is 5.13. The molecule has 1 saturated heterocycles. The van der Waals surface area contributed by atoms with Gasteiger partial charge in [0.15, 0.2) is 0 Å². The van der Waals surface area contributed by atoms with Crippen LogP contribution in [-0.2, 0) is 6.54 Å². The average Bonchev–Trinajstić information content (AvgIpc) is 3.69. The predicted octanol–water partition coefficient (Wildman–Crippen LogP) is 6.74. The average molecular weight is 513 g/mol. The number of H-pyrrole nitrogens is 2. The molecular formula is C28H22F2N6S. The maximum Gasteiger partial charge on any atom is 0.261 e. The quantitative estimate of drug-likeness (QED) is 0.268. The van der Waals surface area contributed by atoms with E-state index in [4.69, 9.17) is 0 Å². The first-order chi connectivity index (χ1) is 18.0. The van der Waals surface area contributed by atoms with Gasteiger partial charge in [0.05, 0.1) is 17.8 Å². The van der Waals surface area contributed by atoms with Gasteiger partial charge in [-0.25, -0.2) is 13.8 Å². The number of hydrogen-bond donors (Lipinski definition) is 2. The third-order valence-corrected chi connectivity index (χ3v) is 7.82. The van der Waals surface area contributed by atoms with Crippen LogP contribution < -0.4 is 0 Å². The zero-order valence-electron chi connectivity index (χ0n) is 19.7. The van der Waals surface area contributed by atoms with Gasteiger partial charge in [0.25, 0.3) is 5.92 Å². The largest absolute Gasteiger partial charge is 0.338 e. The van der Waals surface area contributed by atoms with Crippen molar-refractivity contribution in [2.75, 3.05) is 13.1 Å². The SMILES string of the molecule is FC1(F)CCN(Cc2cncc(-c3ccc4[nH]nc(-c5cc6c(-c7cccs7)ccnc6[nH]5)c4c3)c2)C1. The van der Waals surface area contributed by atoms with Gasteiger partial charge in [-0.2, -0.15) is 5.10 Å². The van der Waals surface area contributed by atoms with Gasteiger partial charge in [0, 0.05) is 64.9 Å². The summed E-state index contributed by atoms with van der Waals surface area (Å²) in [4.78, 5) is 15.4. The Morgan fingerprint density at radius 1 is 1.03 bits per heavy atom. The predicted molar refractivity (Wildman–Crippen MR) is 143 cm³/mol. The summed E-state index contributed by atoms with van der Waals surface area (Å²) in [5.41, 5.74) is 7.43. The number of nitrogens with zero attached hydrogens (tertiary/aromatic N) is 4. The number of aromatic nitrogens is 5. The Bertz CT molecular complexity index is 1740. The van der Waals surface area contributed by atoms with Crippen molar-refractivity contribution in [2.45, 2.75) is 18.9 Å². The molecule has 0 aliphatic carbocycles. The maximum atomic E-state index is 13.6. The second-order valence-electron chi connectivity index (χ2n) is 9.51. The summed E-state index contributed by atoms with van der Waals surface area (Å²) in [6.07, 6.45) is 5.30. The normalized spacial score (nSPS) is 15.7. The summed E-state index contributed by atoms with van der Waals surface area (Å²) in [5.74, 6) is -2.60. The van der Waals surface area contributed by atoms with Crippen molar-refractivity contribution in [1.29, 1.82) is 0 Å². The van der Waals surface area contributed by atoms with Gasteiger partial charge in [-0.1, -0.05) is 12.1 Å². The number of halogens is 2. The molecule has 1 aliphatic heterocycles. The number of hydrogen-bond acceptors (Lipinski definition) is 5. The summed E-state index contributed by atoms with van der Waals surface area (Å²) in [7, 11) is 0. The number of benzene rings is 1. The lowest BCUT2D eigenvalue weighted by Gasteiger charge is -2.15. The third kappa shape index (κ3) is 4.10. The van der Waals surface area contributed by atoms with E-state index >= 15 is 0 Å². The van der Waals surface area contributed by atoms with Crippen molar-refractivity contribution in [1.82, 2.24) is 30.0 Å². The first-order valence-electron chi connectivity index (χ1n) is 12.1. The molecule has 0 bridgehead atoms. The Kier molecular flexibility index (Phi) is 5.16. The van der Waals surface area contributed by atoms with Crippen molar-refractivity contribution in [3.8, 4) is 33.0 Å². The highest BCUT2D eigenvalue weighted by Gasteiger charge is 2.37. The molecule has 184 valence electrons. The summed E-state index contributed by atoms with van der Waals surface area (Å²) >= 11 is 1.70. The van der Waals surface area contributed by atoms with Gasteiger partial charge in [0.1, 0.15) is 11.3 Å². The molecule has 9 heteroatoms. The first-order valence-corrected chi connectivity index (χ1v) is 12.9. The van der Waals surface area contributed by atoms with Crippen LogP contribution in [0.1, 0.15) is 12.0 Å². The second-order valence-corrected chi connectivity index (χ2v) is 10.5. The van der Waals surface area contributed by atoms with Crippen LogP contribution in [0, 0.1) is 0 Å². The summed E-state index contributed by atoms with van der Waals surface area (Å²) < 4.78 is 27.3. The van der Waals surface area contributed by atoms with Crippen LogP contribution in [-0.4, -0.2) is 49.1 Å². The van der Waals surface area contributed by atoms with Crippen molar-refractivity contribution < 1.29 is 8.78 Å². The highest BCUT2D eigenvalue weighted by Crippen LogP contribution is 2.36. The van der Waals surface area contributed by atoms with E-state index in [1.807, 2.05) is 42.7 Å². The minimum atomic E-state index is -2.60. The lowest BCUT2D eigenvalue weighted by molar-refractivity contribution is 0.0115. The van der Waals surface area contributed by atoms with Crippen molar-refractivity contribution >= 4 is 33.3 Å². The summed E-state index contributed by atoms with van der Waals surface area (Å²) in [5, 5.41) is 11.9. The molecule has 0 spiro atoms. The molecule has 6 aromatic rings. The van der Waals surface area contributed by atoms with Crippen LogP contribution in [0.15, 0.2) is 72.5 Å². The molecule has 2 N–H and O–H groups in total. The molecule has 1 fully saturated rings. The number of thiophene rings is 1. The van der Waals surface area contributed by atoms with Crippen molar-refractivity contribution in [3.05, 3.63) is 78.1 Å². The van der Waals surface area contributed by atoms with E-state index in [9.17, 15) is 8.78 Å². The minimum Gasteiger partial charge on any atom is -0.338 e. The maximum absolute atomic E-state index is 13.6. The van der Waals surface area contributed by atoms with Crippen LogP contribution in [0.25, 0.3) is 54.9 Å². The van der Waals surface area contributed by atoms with E-state index < -0.39 is 5.92 Å². The van der Waals surface area contributed by atoms with Crippen LogP contribution in [0.2, 0.25) is 0 Å². The molecule has 5 aromatic heterocycles. The zero-order chi connectivity index (χ0) is 25.0. The van der Waals surface area contributed by atoms with E-state index in [-0.39, 0.29) is 13.0 Å². The van der Waals surface area contributed by atoms with E-state index in [2.05, 4.69) is 48.7 Å². The van der Waals surface area contributed by atoms with Gasteiger partial charge >= 0.3 is 0 Å². The Morgan fingerprint density at radius 2 is 1.97 bits per heavy atom. The number of alkyl halides is 2. The smallest absolute Gasteiger partial charge is 0.261 e.